The first-order valence-electron chi connectivity index (χ1n) is 4.53. The van der Waals surface area contributed by atoms with Gasteiger partial charge in [0.2, 0.25) is 0 Å². The van der Waals surface area contributed by atoms with E-state index in [0.717, 1.165) is 6.07 Å². The van der Waals surface area contributed by atoms with Crippen molar-refractivity contribution < 1.29 is 8.78 Å². The van der Waals surface area contributed by atoms with Crippen LogP contribution in [-0.4, -0.2) is 0 Å². The van der Waals surface area contributed by atoms with Crippen molar-refractivity contribution in [1.29, 1.82) is 0 Å². The Kier molecular flexibility index (Phi) is 4.08. The van der Waals surface area contributed by atoms with Crippen molar-refractivity contribution in [2.45, 2.75) is 5.38 Å². The average Bonchev–Trinajstić information content (AvgIpc) is 2.58. The molecule has 0 amide bonds. The van der Waals surface area contributed by atoms with E-state index >= 15 is 0 Å². The zero-order valence-corrected chi connectivity index (χ0v) is 12.1. The molecule has 2 aromatic rings. The minimum absolute atomic E-state index is 0.235. The fourth-order valence-corrected chi connectivity index (χ4v) is 3.46. The van der Waals surface area contributed by atoms with Gasteiger partial charge in [-0.1, -0.05) is 17.7 Å². The maximum absolute atomic E-state index is 13.5. The number of hydrogen-bond donors (Lipinski definition) is 0. The first-order chi connectivity index (χ1) is 7.99. The maximum atomic E-state index is 13.5. The lowest BCUT2D eigenvalue weighted by Gasteiger charge is -2.08. The summed E-state index contributed by atoms with van der Waals surface area (Å²) in [5, 5.41) is -0.676. The number of alkyl halides is 1. The van der Waals surface area contributed by atoms with Crippen LogP contribution in [0.2, 0.25) is 4.34 Å². The molecule has 1 aromatic heterocycles. The van der Waals surface area contributed by atoms with E-state index in [1.165, 1.54) is 23.5 Å². The second kappa shape index (κ2) is 5.22. The lowest BCUT2D eigenvalue weighted by molar-refractivity contribution is 0.574. The second-order valence-corrected chi connectivity index (χ2v) is 6.28. The van der Waals surface area contributed by atoms with Crippen LogP contribution in [-0.2, 0) is 0 Å². The Hall–Kier alpha value is -0.160. The summed E-state index contributed by atoms with van der Waals surface area (Å²) >= 11 is 16.5. The molecule has 0 saturated heterocycles. The van der Waals surface area contributed by atoms with Crippen molar-refractivity contribution in [3.05, 3.63) is 55.1 Å². The Morgan fingerprint density at radius 2 is 1.94 bits per heavy atom. The molecule has 2 rings (SSSR count). The van der Waals surface area contributed by atoms with Gasteiger partial charge < -0.3 is 0 Å². The molecule has 0 radical (unpaired) electrons. The summed E-state index contributed by atoms with van der Waals surface area (Å²) in [5.74, 6) is -1.29. The molecule has 0 saturated carbocycles. The normalized spacial score (nSPS) is 12.8. The lowest BCUT2D eigenvalue weighted by Crippen LogP contribution is -1.95. The van der Waals surface area contributed by atoms with Crippen LogP contribution in [0.5, 0.6) is 0 Å². The van der Waals surface area contributed by atoms with Gasteiger partial charge in [0.05, 0.1) is 5.38 Å². The minimum atomic E-state index is -0.676. The highest BCUT2D eigenvalue weighted by atomic mass is 79.9. The molecular formula is C11H5BrCl2F2S. The van der Waals surface area contributed by atoms with Crippen molar-refractivity contribution in [3.8, 4) is 0 Å². The molecule has 0 spiro atoms. The van der Waals surface area contributed by atoms with Crippen LogP contribution < -0.4 is 0 Å². The van der Waals surface area contributed by atoms with Gasteiger partial charge in [0.25, 0.3) is 0 Å². The number of halogens is 5. The zero-order chi connectivity index (χ0) is 12.6. The molecule has 1 aromatic carbocycles. The number of benzene rings is 1. The average molecular weight is 358 g/mol. The SMILES string of the molecule is Fc1ccc(C(Cl)c2cc(Br)c(Cl)s2)c(F)c1. The molecule has 1 unspecified atom stereocenters. The first kappa shape index (κ1) is 13.3. The van der Waals surface area contributed by atoms with Gasteiger partial charge in [0, 0.05) is 21.0 Å². The largest absolute Gasteiger partial charge is 0.207 e. The van der Waals surface area contributed by atoms with E-state index in [4.69, 9.17) is 23.2 Å². The predicted molar refractivity (Wildman–Crippen MR) is 71.1 cm³/mol. The van der Waals surface area contributed by atoms with E-state index in [0.29, 0.717) is 13.7 Å². The number of thiophene rings is 1. The van der Waals surface area contributed by atoms with E-state index in [1.54, 1.807) is 6.07 Å². The van der Waals surface area contributed by atoms with Crippen LogP contribution in [0, 0.1) is 11.6 Å². The number of rotatable bonds is 2. The second-order valence-electron chi connectivity index (χ2n) is 3.30. The molecule has 90 valence electrons. The van der Waals surface area contributed by atoms with E-state index in [2.05, 4.69) is 15.9 Å². The van der Waals surface area contributed by atoms with E-state index in [-0.39, 0.29) is 5.56 Å². The molecule has 0 fully saturated rings. The molecular weight excluding hydrogens is 353 g/mol. The molecule has 1 atom stereocenters. The van der Waals surface area contributed by atoms with Gasteiger partial charge in [-0.25, -0.2) is 8.78 Å². The van der Waals surface area contributed by atoms with Gasteiger partial charge in [-0.3, -0.25) is 0 Å². The summed E-state index contributed by atoms with van der Waals surface area (Å²) in [4.78, 5) is 0.703. The van der Waals surface area contributed by atoms with Crippen LogP contribution in [0.4, 0.5) is 8.78 Å². The van der Waals surface area contributed by atoms with Crippen molar-refractivity contribution in [2.24, 2.45) is 0 Å². The maximum Gasteiger partial charge on any atom is 0.131 e. The molecule has 0 N–H and O–H groups in total. The topological polar surface area (TPSA) is 0 Å². The Bertz CT molecular complexity index is 537. The smallest absolute Gasteiger partial charge is 0.131 e. The minimum Gasteiger partial charge on any atom is -0.207 e. The van der Waals surface area contributed by atoms with Crippen molar-refractivity contribution in [1.82, 2.24) is 0 Å². The Morgan fingerprint density at radius 3 is 2.47 bits per heavy atom. The third kappa shape index (κ3) is 2.81. The Labute approximate surface area is 119 Å². The van der Waals surface area contributed by atoms with Gasteiger partial charge in [-0.05, 0) is 28.1 Å². The van der Waals surface area contributed by atoms with Crippen LogP contribution in [0.1, 0.15) is 15.8 Å². The lowest BCUT2D eigenvalue weighted by atomic mass is 10.1. The highest BCUT2D eigenvalue weighted by molar-refractivity contribution is 9.10. The highest BCUT2D eigenvalue weighted by Crippen LogP contribution is 2.40. The Morgan fingerprint density at radius 1 is 1.24 bits per heavy atom. The summed E-state index contributed by atoms with van der Waals surface area (Å²) in [5.41, 5.74) is 0.235. The third-order valence-electron chi connectivity index (χ3n) is 2.15. The van der Waals surface area contributed by atoms with Gasteiger partial charge in [-0.2, -0.15) is 0 Å². The molecule has 6 heteroatoms. The predicted octanol–water partition coefficient (Wildman–Crippen LogP) is 5.77. The van der Waals surface area contributed by atoms with E-state index in [9.17, 15) is 8.78 Å². The molecule has 17 heavy (non-hydrogen) atoms. The fourth-order valence-electron chi connectivity index (χ4n) is 1.35. The van der Waals surface area contributed by atoms with E-state index in [1.807, 2.05) is 0 Å². The first-order valence-corrected chi connectivity index (χ1v) is 6.95. The highest BCUT2D eigenvalue weighted by Gasteiger charge is 2.19. The van der Waals surface area contributed by atoms with E-state index < -0.39 is 17.0 Å². The summed E-state index contributed by atoms with van der Waals surface area (Å²) in [6.45, 7) is 0. The van der Waals surface area contributed by atoms with Crippen LogP contribution in [0.15, 0.2) is 28.7 Å². The zero-order valence-electron chi connectivity index (χ0n) is 8.18. The number of hydrogen-bond acceptors (Lipinski definition) is 1. The van der Waals surface area contributed by atoms with Crippen molar-refractivity contribution in [2.75, 3.05) is 0 Å². The van der Waals surface area contributed by atoms with Crippen LogP contribution in [0.3, 0.4) is 0 Å². The summed E-state index contributed by atoms with van der Waals surface area (Å²) in [7, 11) is 0. The Balaban J connectivity index is 2.39. The van der Waals surface area contributed by atoms with Crippen molar-refractivity contribution in [3.63, 3.8) is 0 Å². The quantitative estimate of drug-likeness (QED) is 0.598. The van der Waals surface area contributed by atoms with Crippen LogP contribution in [0.25, 0.3) is 0 Å². The van der Waals surface area contributed by atoms with Gasteiger partial charge in [0.1, 0.15) is 16.0 Å². The molecule has 0 aliphatic rings. The van der Waals surface area contributed by atoms with Crippen LogP contribution >= 0.6 is 50.5 Å². The third-order valence-corrected chi connectivity index (χ3v) is 5.29. The summed E-state index contributed by atoms with van der Waals surface area (Å²) in [6, 6.07) is 5.06. The molecule has 0 aliphatic carbocycles. The van der Waals surface area contributed by atoms with Gasteiger partial charge in [-0.15, -0.1) is 22.9 Å². The monoisotopic (exact) mass is 356 g/mol. The molecule has 0 bridgehead atoms. The molecule has 1 heterocycles. The summed E-state index contributed by atoms with van der Waals surface area (Å²) in [6.07, 6.45) is 0. The van der Waals surface area contributed by atoms with Crippen molar-refractivity contribution >= 4 is 50.5 Å². The molecule has 0 nitrogen and oxygen atoms in total. The molecule has 0 aliphatic heterocycles. The summed E-state index contributed by atoms with van der Waals surface area (Å²) < 4.78 is 27.6. The standard InChI is InChI=1S/C11H5BrCl2F2S/c12-7-4-9(17-11(7)14)10(13)6-2-1-5(15)3-8(6)16/h1-4,10H. The van der Waals surface area contributed by atoms with Gasteiger partial charge >= 0.3 is 0 Å². The fraction of sp³-hybridized carbons (Fsp3) is 0.0909. The van der Waals surface area contributed by atoms with Gasteiger partial charge in [0.15, 0.2) is 0 Å².